The first-order valence-electron chi connectivity index (χ1n) is 5.97. The van der Waals surface area contributed by atoms with Gasteiger partial charge in [0.1, 0.15) is 0 Å². The summed E-state index contributed by atoms with van der Waals surface area (Å²) in [7, 11) is 0. The molecule has 0 radical (unpaired) electrons. The van der Waals surface area contributed by atoms with Gasteiger partial charge in [0.2, 0.25) is 0 Å². The molecule has 0 aliphatic carbocycles. The highest BCUT2D eigenvalue weighted by atomic mass is 79.9. The Morgan fingerprint density at radius 1 is 0.684 bits per heavy atom. The van der Waals surface area contributed by atoms with E-state index in [1.54, 1.807) is 12.4 Å². The molecule has 3 rings (SSSR count). The van der Waals surface area contributed by atoms with Crippen LogP contribution in [0.25, 0.3) is 22.5 Å². The van der Waals surface area contributed by atoms with E-state index >= 15 is 0 Å². The van der Waals surface area contributed by atoms with Crippen molar-refractivity contribution in [3.63, 3.8) is 0 Å². The molecule has 0 bridgehead atoms. The van der Waals surface area contributed by atoms with E-state index in [0.29, 0.717) is 0 Å². The van der Waals surface area contributed by atoms with E-state index in [9.17, 15) is 0 Å². The summed E-state index contributed by atoms with van der Waals surface area (Å²) in [4.78, 5) is 8.85. The van der Waals surface area contributed by atoms with Gasteiger partial charge in [-0.1, -0.05) is 34.1 Å². The summed E-state index contributed by atoms with van der Waals surface area (Å²) >= 11 is 3.52. The third-order valence-corrected chi connectivity index (χ3v) is 3.36. The zero-order chi connectivity index (χ0) is 13.1. The Kier molecular flexibility index (Phi) is 3.38. The fourth-order valence-electron chi connectivity index (χ4n) is 2.00. The van der Waals surface area contributed by atoms with Crippen molar-refractivity contribution in [2.24, 2.45) is 0 Å². The van der Waals surface area contributed by atoms with Crippen molar-refractivity contribution >= 4 is 15.9 Å². The van der Waals surface area contributed by atoms with E-state index in [4.69, 9.17) is 0 Å². The van der Waals surface area contributed by atoms with Gasteiger partial charge in [0.05, 0.1) is 11.4 Å². The van der Waals surface area contributed by atoms with Crippen molar-refractivity contribution in [1.82, 2.24) is 9.97 Å². The van der Waals surface area contributed by atoms with Crippen molar-refractivity contribution in [1.29, 1.82) is 0 Å². The van der Waals surface area contributed by atoms with Crippen molar-refractivity contribution in [3.05, 3.63) is 71.5 Å². The van der Waals surface area contributed by atoms with Crippen LogP contribution in [0, 0.1) is 0 Å². The molecule has 0 amide bonds. The number of hydrogen-bond acceptors (Lipinski definition) is 2. The number of hydrogen-bond donors (Lipinski definition) is 0. The number of aromatic nitrogens is 2. The van der Waals surface area contributed by atoms with E-state index < -0.39 is 0 Å². The predicted octanol–water partition coefficient (Wildman–Crippen LogP) is 4.57. The number of halogens is 1. The SMILES string of the molecule is Brc1ccc(-c2ccccn2)c(-c2ccccn2)c1. The summed E-state index contributed by atoms with van der Waals surface area (Å²) in [6.07, 6.45) is 3.61. The van der Waals surface area contributed by atoms with Crippen LogP contribution in [0.4, 0.5) is 0 Å². The van der Waals surface area contributed by atoms with Crippen molar-refractivity contribution in [2.45, 2.75) is 0 Å². The van der Waals surface area contributed by atoms with Crippen molar-refractivity contribution < 1.29 is 0 Å². The van der Waals surface area contributed by atoms with Gasteiger partial charge in [-0.05, 0) is 36.4 Å². The molecule has 0 saturated carbocycles. The Labute approximate surface area is 120 Å². The molecule has 92 valence electrons. The Morgan fingerprint density at radius 3 is 1.89 bits per heavy atom. The minimum Gasteiger partial charge on any atom is -0.256 e. The zero-order valence-electron chi connectivity index (χ0n) is 10.1. The lowest BCUT2D eigenvalue weighted by Gasteiger charge is -2.09. The van der Waals surface area contributed by atoms with Crippen LogP contribution in [0.1, 0.15) is 0 Å². The first-order chi connectivity index (χ1) is 9.34. The Hall–Kier alpha value is -2.00. The summed E-state index contributed by atoms with van der Waals surface area (Å²) in [5.41, 5.74) is 4.07. The molecule has 0 spiro atoms. The second-order valence-electron chi connectivity index (χ2n) is 4.12. The average molecular weight is 311 g/mol. The maximum Gasteiger partial charge on any atom is 0.0709 e. The second-order valence-corrected chi connectivity index (χ2v) is 5.04. The fraction of sp³-hybridized carbons (Fsp3) is 0. The average Bonchev–Trinajstić information content (AvgIpc) is 2.49. The molecule has 0 fully saturated rings. The maximum absolute atomic E-state index is 4.43. The molecule has 0 N–H and O–H groups in total. The van der Waals surface area contributed by atoms with E-state index in [-0.39, 0.29) is 0 Å². The van der Waals surface area contributed by atoms with Crippen molar-refractivity contribution in [2.75, 3.05) is 0 Å². The van der Waals surface area contributed by atoms with E-state index in [1.807, 2.05) is 42.5 Å². The monoisotopic (exact) mass is 310 g/mol. The molecule has 1 aromatic carbocycles. The lowest BCUT2D eigenvalue weighted by molar-refractivity contribution is 1.30. The molecule has 0 saturated heterocycles. The highest BCUT2D eigenvalue weighted by Crippen LogP contribution is 2.32. The summed E-state index contributed by atoms with van der Waals surface area (Å²) in [6.45, 7) is 0. The first kappa shape index (κ1) is 12.1. The lowest BCUT2D eigenvalue weighted by Crippen LogP contribution is -1.89. The van der Waals surface area contributed by atoms with Crippen LogP contribution in [0.3, 0.4) is 0 Å². The topological polar surface area (TPSA) is 25.8 Å². The largest absolute Gasteiger partial charge is 0.256 e. The predicted molar refractivity (Wildman–Crippen MR) is 80.6 cm³/mol. The molecular formula is C16H11BrN2. The number of pyridine rings is 2. The van der Waals surface area contributed by atoms with Gasteiger partial charge in [-0.15, -0.1) is 0 Å². The van der Waals surface area contributed by atoms with Crippen LogP contribution in [0.5, 0.6) is 0 Å². The van der Waals surface area contributed by atoms with Gasteiger partial charge in [-0.25, -0.2) is 0 Å². The number of nitrogens with zero attached hydrogens (tertiary/aromatic N) is 2. The van der Waals surface area contributed by atoms with E-state index in [0.717, 1.165) is 27.0 Å². The minimum absolute atomic E-state index is 0.949. The van der Waals surface area contributed by atoms with Gasteiger partial charge in [0.15, 0.2) is 0 Å². The standard InChI is InChI=1S/C16H11BrN2/c17-12-7-8-13(15-5-1-3-9-18-15)14(11-12)16-6-2-4-10-19-16/h1-11H. The lowest BCUT2D eigenvalue weighted by atomic mass is 10.0. The van der Waals surface area contributed by atoms with E-state index in [1.165, 1.54) is 0 Å². The third kappa shape index (κ3) is 2.56. The van der Waals surface area contributed by atoms with Crippen LogP contribution in [-0.4, -0.2) is 9.97 Å². The second kappa shape index (κ2) is 5.33. The molecule has 3 aromatic rings. The highest BCUT2D eigenvalue weighted by Gasteiger charge is 2.09. The van der Waals surface area contributed by atoms with Gasteiger partial charge in [-0.2, -0.15) is 0 Å². The molecule has 19 heavy (non-hydrogen) atoms. The molecule has 0 unspecified atom stereocenters. The van der Waals surface area contributed by atoms with E-state index in [2.05, 4.69) is 38.0 Å². The normalized spacial score (nSPS) is 10.4. The summed E-state index contributed by atoms with van der Waals surface area (Å²) in [5.74, 6) is 0. The maximum atomic E-state index is 4.43. The molecule has 3 heteroatoms. The van der Waals surface area contributed by atoms with Gasteiger partial charge in [-0.3, -0.25) is 9.97 Å². The summed E-state index contributed by atoms with van der Waals surface area (Å²) in [6, 6.07) is 18.0. The van der Waals surface area contributed by atoms with Crippen molar-refractivity contribution in [3.8, 4) is 22.5 Å². The van der Waals surface area contributed by atoms with Crippen LogP contribution in [0.2, 0.25) is 0 Å². The summed E-state index contributed by atoms with van der Waals surface area (Å²) in [5, 5.41) is 0. The van der Waals surface area contributed by atoms with Gasteiger partial charge in [0.25, 0.3) is 0 Å². The van der Waals surface area contributed by atoms with Gasteiger partial charge in [0, 0.05) is 28.0 Å². The first-order valence-corrected chi connectivity index (χ1v) is 6.76. The Morgan fingerprint density at radius 2 is 1.32 bits per heavy atom. The summed E-state index contributed by atoms with van der Waals surface area (Å²) < 4.78 is 1.04. The third-order valence-electron chi connectivity index (χ3n) is 2.86. The van der Waals surface area contributed by atoms with Crippen LogP contribution in [-0.2, 0) is 0 Å². The van der Waals surface area contributed by atoms with Crippen LogP contribution in [0.15, 0.2) is 71.5 Å². The molecule has 0 aliphatic rings. The molecule has 0 atom stereocenters. The minimum atomic E-state index is 0.949. The number of rotatable bonds is 2. The smallest absolute Gasteiger partial charge is 0.0709 e. The molecule has 0 aliphatic heterocycles. The van der Waals surface area contributed by atoms with Crippen LogP contribution >= 0.6 is 15.9 Å². The molecular weight excluding hydrogens is 300 g/mol. The van der Waals surface area contributed by atoms with Gasteiger partial charge >= 0.3 is 0 Å². The quantitative estimate of drug-likeness (QED) is 0.692. The number of benzene rings is 1. The fourth-order valence-corrected chi connectivity index (χ4v) is 2.36. The zero-order valence-corrected chi connectivity index (χ0v) is 11.7. The Balaban J connectivity index is 2.21. The Bertz CT molecular complexity index is 682. The molecule has 2 aromatic heterocycles. The molecule has 2 heterocycles. The van der Waals surface area contributed by atoms with Crippen LogP contribution < -0.4 is 0 Å². The molecule has 2 nitrogen and oxygen atoms in total. The van der Waals surface area contributed by atoms with Gasteiger partial charge < -0.3 is 0 Å². The highest BCUT2D eigenvalue weighted by molar-refractivity contribution is 9.10.